The van der Waals surface area contributed by atoms with Crippen molar-refractivity contribution in [3.05, 3.63) is 151 Å². The molecule has 0 fully saturated rings. The number of nitriles is 1. The molecular formula is C36H22N4O2S. The number of benzene rings is 4. The predicted octanol–water partition coefficient (Wildman–Crippen LogP) is 1.49. The Morgan fingerprint density at radius 1 is 0.814 bits per heavy atom. The first kappa shape index (κ1) is 25.0. The van der Waals surface area contributed by atoms with Gasteiger partial charge in [-0.3, -0.25) is 0 Å². The van der Waals surface area contributed by atoms with Crippen LogP contribution in [0.15, 0.2) is 118 Å². The molecule has 0 saturated carbocycles. The van der Waals surface area contributed by atoms with Crippen LogP contribution in [0.3, 0.4) is 0 Å². The molecule has 2 N–H and O–H groups in total. The van der Waals surface area contributed by atoms with Gasteiger partial charge in [0.25, 0.3) is 0 Å². The average molecular weight is 575 g/mol. The van der Waals surface area contributed by atoms with Crippen molar-refractivity contribution in [2.24, 2.45) is 10.7 Å². The van der Waals surface area contributed by atoms with Gasteiger partial charge in [0.05, 0.1) is 49.2 Å². The quantitative estimate of drug-likeness (QED) is 0.353. The Bertz CT molecular complexity index is 2640. The number of sulfone groups is 1. The van der Waals surface area contributed by atoms with E-state index in [-0.39, 0.29) is 9.79 Å². The molecule has 43 heavy (non-hydrogen) atoms. The summed E-state index contributed by atoms with van der Waals surface area (Å²) in [4.78, 5) is 5.20. The van der Waals surface area contributed by atoms with E-state index in [9.17, 15) is 8.42 Å². The summed E-state index contributed by atoms with van der Waals surface area (Å²) in [5.74, 6) is 0. The molecule has 8 rings (SSSR count). The first-order valence-electron chi connectivity index (χ1n) is 13.7. The van der Waals surface area contributed by atoms with Gasteiger partial charge in [-0.25, -0.2) is 13.4 Å². The number of allylic oxidation sites excluding steroid dienone is 1. The molecule has 3 aliphatic rings. The molecule has 4 aromatic carbocycles. The number of para-hydroxylation sites is 1. The molecule has 2 aliphatic carbocycles. The summed E-state index contributed by atoms with van der Waals surface area (Å²) >= 11 is 0. The maximum atomic E-state index is 13.4. The maximum Gasteiger partial charge on any atom is 0.206 e. The first-order chi connectivity index (χ1) is 20.9. The van der Waals surface area contributed by atoms with Crippen molar-refractivity contribution in [1.82, 2.24) is 4.57 Å². The molecule has 1 aliphatic heterocycles. The molecular weight excluding hydrogens is 552 g/mol. The number of fused-ring (bicyclic) bond motifs is 6. The Kier molecular flexibility index (Phi) is 5.18. The zero-order valence-corrected chi connectivity index (χ0v) is 23.6. The fraction of sp³-hybridized carbons (Fsp3) is 0. The lowest BCUT2D eigenvalue weighted by Gasteiger charge is -2.11. The Hall–Kier alpha value is -5.71. The zero-order valence-electron chi connectivity index (χ0n) is 22.7. The van der Waals surface area contributed by atoms with Crippen LogP contribution in [0.4, 0.5) is 0 Å². The van der Waals surface area contributed by atoms with Gasteiger partial charge in [0, 0.05) is 32.8 Å². The number of aromatic nitrogens is 1. The van der Waals surface area contributed by atoms with E-state index in [0.29, 0.717) is 11.3 Å². The lowest BCUT2D eigenvalue weighted by molar-refractivity contribution is 0.596. The lowest BCUT2D eigenvalue weighted by atomic mass is 10.1. The largest absolute Gasteiger partial charge is 0.397 e. The van der Waals surface area contributed by atoms with Crippen LogP contribution in [-0.4, -0.2) is 13.0 Å². The van der Waals surface area contributed by atoms with Crippen molar-refractivity contribution in [3.63, 3.8) is 0 Å². The van der Waals surface area contributed by atoms with Gasteiger partial charge in [0.1, 0.15) is 0 Å². The standard InChI is InChI=1S/C36H22N4O2S/c1-21-6-2-3-7-26(21)28-18-29-34-32(19-31-33(34)27-8-4-5-9-30(27)39-31)40(36(29)35(28)38)23-12-16-25(17-13-23)43(41,42)24-14-10-22(20-37)11-15-24/h2-19H,1,38H2/b28-26-. The molecule has 0 spiro atoms. The van der Waals surface area contributed by atoms with Crippen molar-refractivity contribution in [3.8, 4) is 11.8 Å². The second-order valence-electron chi connectivity index (χ2n) is 10.7. The van der Waals surface area contributed by atoms with Crippen molar-refractivity contribution >= 4 is 45.4 Å². The second-order valence-corrected chi connectivity index (χ2v) is 12.6. The van der Waals surface area contributed by atoms with E-state index in [1.54, 1.807) is 24.3 Å². The Balaban J connectivity index is 1.38. The third-order valence-electron chi connectivity index (χ3n) is 8.28. The third kappa shape index (κ3) is 3.51. The Morgan fingerprint density at radius 3 is 2.16 bits per heavy atom. The molecule has 6 nitrogen and oxygen atoms in total. The summed E-state index contributed by atoms with van der Waals surface area (Å²) in [6.45, 7) is 4.23. The minimum Gasteiger partial charge on any atom is -0.397 e. The number of nitrogens with zero attached hydrogens (tertiary/aromatic N) is 3. The summed E-state index contributed by atoms with van der Waals surface area (Å²) < 4.78 is 28.9. The van der Waals surface area contributed by atoms with Crippen molar-refractivity contribution in [2.45, 2.75) is 9.79 Å². The van der Waals surface area contributed by atoms with Gasteiger partial charge >= 0.3 is 0 Å². The molecule has 2 heterocycles. The molecule has 204 valence electrons. The van der Waals surface area contributed by atoms with Crippen LogP contribution < -0.4 is 37.3 Å². The Labute approximate surface area is 246 Å². The lowest BCUT2D eigenvalue weighted by Crippen LogP contribution is -2.32. The van der Waals surface area contributed by atoms with E-state index < -0.39 is 9.84 Å². The van der Waals surface area contributed by atoms with Crippen LogP contribution in [-0.2, 0) is 9.84 Å². The molecule has 7 heteroatoms. The highest BCUT2D eigenvalue weighted by Gasteiger charge is 2.32. The van der Waals surface area contributed by atoms with Crippen molar-refractivity contribution < 1.29 is 8.42 Å². The van der Waals surface area contributed by atoms with E-state index in [1.807, 2.05) is 48.5 Å². The van der Waals surface area contributed by atoms with Crippen LogP contribution in [0.2, 0.25) is 0 Å². The van der Waals surface area contributed by atoms with E-state index in [1.165, 1.54) is 24.3 Å². The number of hydrogen-bond donors (Lipinski definition) is 1. The normalized spacial score (nSPS) is 15.6. The molecule has 1 aromatic heterocycles. The predicted molar refractivity (Wildman–Crippen MR) is 166 cm³/mol. The van der Waals surface area contributed by atoms with Gasteiger partial charge < -0.3 is 10.3 Å². The van der Waals surface area contributed by atoms with Crippen molar-refractivity contribution in [1.29, 1.82) is 5.26 Å². The van der Waals surface area contributed by atoms with Gasteiger partial charge in [0.2, 0.25) is 9.84 Å². The Morgan fingerprint density at radius 2 is 1.47 bits per heavy atom. The van der Waals surface area contributed by atoms with Gasteiger partial charge in [-0.15, -0.1) is 0 Å². The van der Waals surface area contributed by atoms with Crippen LogP contribution >= 0.6 is 0 Å². The number of nitrogens with two attached hydrogens (primary N) is 1. The third-order valence-corrected chi connectivity index (χ3v) is 10.1. The van der Waals surface area contributed by atoms with Crippen LogP contribution in [0.5, 0.6) is 0 Å². The number of rotatable bonds is 3. The topological polar surface area (TPSA) is 101 Å². The highest BCUT2D eigenvalue weighted by molar-refractivity contribution is 7.91. The summed E-state index contributed by atoms with van der Waals surface area (Å²) in [6, 6.07) is 30.8. The van der Waals surface area contributed by atoms with Gasteiger partial charge in [-0.05, 0) is 77.2 Å². The van der Waals surface area contributed by atoms with E-state index in [4.69, 9.17) is 16.0 Å². The SMILES string of the molecule is C=c1cccc/c1=C1\C=c2c3c(n(-c4ccc(S(=O)(=O)c5ccc(C#N)cc5)cc4)c2=C1N)C=C1N=c2ccccc2=C13. The summed E-state index contributed by atoms with van der Waals surface area (Å²) in [5.41, 5.74) is 13.7. The molecule has 0 amide bonds. The van der Waals surface area contributed by atoms with Crippen LogP contribution in [0.1, 0.15) is 16.8 Å². The second kappa shape index (κ2) is 8.89. The van der Waals surface area contributed by atoms with Crippen LogP contribution in [0, 0.1) is 11.3 Å². The molecule has 0 saturated heterocycles. The maximum absolute atomic E-state index is 13.4. The summed E-state index contributed by atoms with van der Waals surface area (Å²) in [7, 11) is -3.78. The summed E-state index contributed by atoms with van der Waals surface area (Å²) in [5, 5.41) is 14.8. The summed E-state index contributed by atoms with van der Waals surface area (Å²) in [6.07, 6.45) is 4.22. The highest BCUT2D eigenvalue weighted by atomic mass is 32.2. The molecule has 5 aromatic rings. The molecule has 0 unspecified atom stereocenters. The fourth-order valence-electron chi connectivity index (χ4n) is 6.26. The van der Waals surface area contributed by atoms with Gasteiger partial charge in [-0.1, -0.05) is 49.0 Å². The highest BCUT2D eigenvalue weighted by Crippen LogP contribution is 2.35. The smallest absolute Gasteiger partial charge is 0.206 e. The van der Waals surface area contributed by atoms with E-state index >= 15 is 0 Å². The fourth-order valence-corrected chi connectivity index (χ4v) is 7.52. The first-order valence-corrected chi connectivity index (χ1v) is 15.2. The average Bonchev–Trinajstić information content (AvgIpc) is 3.74. The van der Waals surface area contributed by atoms with Gasteiger partial charge in [0.15, 0.2) is 0 Å². The van der Waals surface area contributed by atoms with E-state index in [2.05, 4.69) is 29.4 Å². The van der Waals surface area contributed by atoms with Crippen molar-refractivity contribution in [2.75, 3.05) is 0 Å². The molecule has 0 bridgehead atoms. The molecule has 0 radical (unpaired) electrons. The van der Waals surface area contributed by atoms with Gasteiger partial charge in [-0.2, -0.15) is 5.26 Å². The minimum atomic E-state index is -3.78. The van der Waals surface area contributed by atoms with E-state index in [0.717, 1.165) is 65.4 Å². The zero-order chi connectivity index (χ0) is 29.5. The minimum absolute atomic E-state index is 0.134. The van der Waals surface area contributed by atoms with Crippen LogP contribution in [0.25, 0.3) is 41.3 Å². The molecule has 0 atom stereocenters. The monoisotopic (exact) mass is 574 g/mol. The number of hydrogen-bond acceptors (Lipinski definition) is 5.